The zero-order valence-corrected chi connectivity index (χ0v) is 17.4. The van der Waals surface area contributed by atoms with Gasteiger partial charge >= 0.3 is 0 Å². The highest BCUT2D eigenvalue weighted by Crippen LogP contribution is 2.32. The Bertz CT molecular complexity index is 1000. The third-order valence-electron chi connectivity index (χ3n) is 4.70. The summed E-state index contributed by atoms with van der Waals surface area (Å²) in [6, 6.07) is 16.3. The van der Waals surface area contributed by atoms with Crippen molar-refractivity contribution in [3.63, 3.8) is 0 Å². The molecule has 0 saturated carbocycles. The molecule has 29 heavy (non-hydrogen) atoms. The molecule has 0 amide bonds. The van der Waals surface area contributed by atoms with Crippen LogP contribution in [0.2, 0.25) is 0 Å². The van der Waals surface area contributed by atoms with E-state index >= 15 is 0 Å². The van der Waals surface area contributed by atoms with E-state index in [0.717, 1.165) is 46.7 Å². The molecule has 0 radical (unpaired) electrons. The summed E-state index contributed by atoms with van der Waals surface area (Å²) >= 11 is 1.71. The summed E-state index contributed by atoms with van der Waals surface area (Å²) in [5.41, 5.74) is 3.40. The van der Waals surface area contributed by atoms with Crippen LogP contribution in [0.25, 0.3) is 10.6 Å². The van der Waals surface area contributed by atoms with E-state index in [2.05, 4.69) is 40.7 Å². The summed E-state index contributed by atoms with van der Waals surface area (Å²) in [5, 5.41) is 7.80. The van der Waals surface area contributed by atoms with E-state index in [4.69, 9.17) is 14.5 Å². The number of fused-ring (bicyclic) bond motifs is 1. The lowest BCUT2D eigenvalue weighted by Crippen LogP contribution is -2.37. The second kappa shape index (κ2) is 8.96. The molecule has 1 aliphatic rings. The molecule has 0 aliphatic carbocycles. The van der Waals surface area contributed by atoms with Crippen LogP contribution < -0.4 is 20.1 Å². The SMILES string of the molecule is CN=C(NCCc1ccc2c(c1)OCO2)NCc1sc(-c2ccccc2)nc1C. The highest BCUT2D eigenvalue weighted by Gasteiger charge is 2.13. The molecule has 0 bridgehead atoms. The fourth-order valence-corrected chi connectivity index (χ4v) is 4.11. The Morgan fingerprint density at radius 1 is 1.10 bits per heavy atom. The molecular formula is C22H24N4O2S. The van der Waals surface area contributed by atoms with Gasteiger partial charge in [-0.25, -0.2) is 4.98 Å². The molecule has 0 unspecified atom stereocenters. The summed E-state index contributed by atoms with van der Waals surface area (Å²) in [6.07, 6.45) is 0.870. The lowest BCUT2D eigenvalue weighted by Gasteiger charge is -2.11. The first-order valence-electron chi connectivity index (χ1n) is 9.57. The first kappa shape index (κ1) is 19.3. The van der Waals surface area contributed by atoms with Crippen LogP contribution in [0, 0.1) is 6.92 Å². The maximum Gasteiger partial charge on any atom is 0.231 e. The molecule has 0 atom stereocenters. The van der Waals surface area contributed by atoms with Crippen molar-refractivity contribution < 1.29 is 9.47 Å². The number of rotatable bonds is 6. The van der Waals surface area contributed by atoms with Crippen molar-refractivity contribution in [2.24, 2.45) is 4.99 Å². The molecule has 0 saturated heterocycles. The number of hydrogen-bond acceptors (Lipinski definition) is 5. The van der Waals surface area contributed by atoms with Crippen LogP contribution in [0.4, 0.5) is 0 Å². The van der Waals surface area contributed by atoms with Crippen molar-refractivity contribution in [2.75, 3.05) is 20.4 Å². The van der Waals surface area contributed by atoms with Gasteiger partial charge in [0.25, 0.3) is 0 Å². The van der Waals surface area contributed by atoms with Crippen LogP contribution in [0.1, 0.15) is 16.1 Å². The second-order valence-electron chi connectivity index (χ2n) is 6.68. The highest BCUT2D eigenvalue weighted by molar-refractivity contribution is 7.15. The molecule has 3 aromatic rings. The average molecular weight is 409 g/mol. The number of ether oxygens (including phenoxy) is 2. The van der Waals surface area contributed by atoms with Crippen molar-refractivity contribution in [1.82, 2.24) is 15.6 Å². The smallest absolute Gasteiger partial charge is 0.231 e. The number of nitrogens with zero attached hydrogens (tertiary/aromatic N) is 2. The van der Waals surface area contributed by atoms with Gasteiger partial charge in [-0.2, -0.15) is 0 Å². The quantitative estimate of drug-likeness (QED) is 0.480. The number of aliphatic imine (C=N–C) groups is 1. The molecule has 4 rings (SSSR count). The van der Waals surface area contributed by atoms with Gasteiger partial charge in [-0.1, -0.05) is 36.4 Å². The Morgan fingerprint density at radius 3 is 2.76 bits per heavy atom. The minimum Gasteiger partial charge on any atom is -0.454 e. The standard InChI is InChI=1S/C22H24N4O2S/c1-15-20(29-21(26-15)17-6-4-3-5-7-17)13-25-22(23-2)24-11-10-16-8-9-18-19(12-16)28-14-27-18/h3-9,12H,10-11,13-14H2,1-2H3,(H2,23,24,25). The predicted octanol–water partition coefficient (Wildman–Crippen LogP) is 3.75. The van der Waals surface area contributed by atoms with Crippen LogP contribution >= 0.6 is 11.3 Å². The predicted molar refractivity (Wildman–Crippen MR) is 117 cm³/mol. The maximum atomic E-state index is 5.44. The van der Waals surface area contributed by atoms with Gasteiger partial charge in [0.15, 0.2) is 17.5 Å². The zero-order valence-electron chi connectivity index (χ0n) is 16.6. The lowest BCUT2D eigenvalue weighted by atomic mass is 10.1. The summed E-state index contributed by atoms with van der Waals surface area (Å²) < 4.78 is 10.8. The topological polar surface area (TPSA) is 67.8 Å². The zero-order chi connectivity index (χ0) is 20.1. The minimum absolute atomic E-state index is 0.302. The number of aryl methyl sites for hydroxylation is 1. The number of thiazole rings is 1. The van der Waals surface area contributed by atoms with Gasteiger partial charge in [0.05, 0.1) is 12.2 Å². The largest absolute Gasteiger partial charge is 0.454 e. The van der Waals surface area contributed by atoms with Gasteiger partial charge in [-0.15, -0.1) is 11.3 Å². The molecule has 6 nitrogen and oxygen atoms in total. The molecule has 7 heteroatoms. The van der Waals surface area contributed by atoms with Gasteiger partial charge in [0, 0.05) is 24.0 Å². The maximum absolute atomic E-state index is 5.44. The van der Waals surface area contributed by atoms with E-state index in [1.165, 1.54) is 10.4 Å². The first-order valence-corrected chi connectivity index (χ1v) is 10.4. The summed E-state index contributed by atoms with van der Waals surface area (Å²) in [4.78, 5) is 10.2. The fraction of sp³-hybridized carbons (Fsp3) is 0.273. The third kappa shape index (κ3) is 4.68. The van der Waals surface area contributed by atoms with Gasteiger partial charge in [0.2, 0.25) is 6.79 Å². The molecule has 0 fully saturated rings. The van der Waals surface area contributed by atoms with E-state index in [1.54, 1.807) is 18.4 Å². The van der Waals surface area contributed by atoms with Crippen LogP contribution in [-0.4, -0.2) is 31.3 Å². The van der Waals surface area contributed by atoms with E-state index in [9.17, 15) is 0 Å². The molecule has 2 N–H and O–H groups in total. The molecule has 1 aromatic heterocycles. The number of guanidine groups is 1. The van der Waals surface area contributed by atoms with Crippen molar-refractivity contribution >= 4 is 17.3 Å². The average Bonchev–Trinajstić information content (AvgIpc) is 3.37. The van der Waals surface area contributed by atoms with Crippen molar-refractivity contribution in [3.05, 3.63) is 64.7 Å². The number of nitrogens with one attached hydrogen (secondary N) is 2. The van der Waals surface area contributed by atoms with Gasteiger partial charge in [-0.3, -0.25) is 4.99 Å². The Kier molecular flexibility index (Phi) is 5.95. The van der Waals surface area contributed by atoms with Crippen molar-refractivity contribution in [3.8, 4) is 22.1 Å². The number of aromatic nitrogens is 1. The van der Waals surface area contributed by atoms with Gasteiger partial charge in [-0.05, 0) is 31.0 Å². The Balaban J connectivity index is 1.29. The highest BCUT2D eigenvalue weighted by atomic mass is 32.1. The second-order valence-corrected chi connectivity index (χ2v) is 7.77. The number of hydrogen-bond donors (Lipinski definition) is 2. The molecule has 1 aliphatic heterocycles. The minimum atomic E-state index is 0.302. The van der Waals surface area contributed by atoms with E-state index < -0.39 is 0 Å². The van der Waals surface area contributed by atoms with Crippen molar-refractivity contribution in [1.29, 1.82) is 0 Å². The van der Waals surface area contributed by atoms with Crippen LogP contribution in [0.15, 0.2) is 53.5 Å². The third-order valence-corrected chi connectivity index (χ3v) is 5.90. The lowest BCUT2D eigenvalue weighted by molar-refractivity contribution is 0.174. The molecule has 150 valence electrons. The van der Waals surface area contributed by atoms with E-state index in [0.29, 0.717) is 13.3 Å². The van der Waals surface area contributed by atoms with Gasteiger partial charge in [0.1, 0.15) is 5.01 Å². The first-order chi connectivity index (χ1) is 14.2. The molecule has 2 heterocycles. The molecular weight excluding hydrogens is 384 g/mol. The normalized spacial score (nSPS) is 12.8. The summed E-state index contributed by atoms with van der Waals surface area (Å²) in [6.45, 7) is 3.82. The van der Waals surface area contributed by atoms with Crippen molar-refractivity contribution in [2.45, 2.75) is 19.9 Å². The Hall–Kier alpha value is -3.06. The summed E-state index contributed by atoms with van der Waals surface area (Å²) in [5.74, 6) is 2.41. The van der Waals surface area contributed by atoms with Crippen LogP contribution in [0.5, 0.6) is 11.5 Å². The molecule has 2 aromatic carbocycles. The van der Waals surface area contributed by atoms with Crippen LogP contribution in [-0.2, 0) is 13.0 Å². The fourth-order valence-electron chi connectivity index (χ4n) is 3.10. The van der Waals surface area contributed by atoms with Gasteiger partial charge < -0.3 is 20.1 Å². The number of benzene rings is 2. The Morgan fingerprint density at radius 2 is 1.93 bits per heavy atom. The Labute approximate surface area is 174 Å². The van der Waals surface area contributed by atoms with Crippen LogP contribution in [0.3, 0.4) is 0 Å². The monoisotopic (exact) mass is 408 g/mol. The summed E-state index contributed by atoms with van der Waals surface area (Å²) in [7, 11) is 1.78. The molecule has 0 spiro atoms. The van der Waals surface area contributed by atoms with E-state index in [1.807, 2.05) is 30.3 Å². The van der Waals surface area contributed by atoms with E-state index in [-0.39, 0.29) is 0 Å².